The zero-order valence-corrected chi connectivity index (χ0v) is 8.60. The highest BCUT2D eigenvalue weighted by Gasteiger charge is 2.29. The summed E-state index contributed by atoms with van der Waals surface area (Å²) in [6, 6.07) is -1.10. The van der Waals surface area contributed by atoms with Gasteiger partial charge in [0.1, 0.15) is 6.04 Å². The third kappa shape index (κ3) is 8.23. The summed E-state index contributed by atoms with van der Waals surface area (Å²) in [6.45, 7) is 0.689. The predicted molar refractivity (Wildman–Crippen MR) is 49.6 cm³/mol. The average Bonchev–Trinajstić information content (AvgIpc) is 2.08. The third-order valence-corrected chi connectivity index (χ3v) is 1.94. The quantitative estimate of drug-likeness (QED) is 0.655. The summed E-state index contributed by atoms with van der Waals surface area (Å²) in [5.74, 6) is -1.23. The number of unbranched alkanes of at least 4 members (excludes halogenated alkanes) is 2. The monoisotopic (exact) mass is 227 g/mol. The van der Waals surface area contributed by atoms with Gasteiger partial charge < -0.3 is 5.11 Å². The van der Waals surface area contributed by atoms with E-state index in [1.807, 2.05) is 12.2 Å². The van der Waals surface area contributed by atoms with Crippen molar-refractivity contribution in [2.75, 3.05) is 6.54 Å². The van der Waals surface area contributed by atoms with Crippen LogP contribution in [0.25, 0.3) is 0 Å². The SMILES string of the molecule is CCCCCC(NCC(F)(F)F)C(=O)O. The van der Waals surface area contributed by atoms with Crippen molar-refractivity contribution in [2.24, 2.45) is 0 Å². The van der Waals surface area contributed by atoms with Gasteiger partial charge in [-0.25, -0.2) is 0 Å². The number of hydrogen-bond donors (Lipinski definition) is 2. The Bertz CT molecular complexity index is 194. The number of carboxylic acid groups (broad SMARTS) is 1. The lowest BCUT2D eigenvalue weighted by molar-refractivity contribution is -0.143. The lowest BCUT2D eigenvalue weighted by atomic mass is 10.1. The lowest BCUT2D eigenvalue weighted by Crippen LogP contribution is -2.41. The van der Waals surface area contributed by atoms with E-state index in [9.17, 15) is 18.0 Å². The molecule has 2 N–H and O–H groups in total. The highest BCUT2D eigenvalue weighted by Crippen LogP contribution is 2.13. The highest BCUT2D eigenvalue weighted by atomic mass is 19.4. The molecule has 15 heavy (non-hydrogen) atoms. The van der Waals surface area contributed by atoms with Crippen molar-refractivity contribution in [1.29, 1.82) is 0 Å². The van der Waals surface area contributed by atoms with Crippen molar-refractivity contribution in [1.82, 2.24) is 5.32 Å². The molecule has 0 aromatic carbocycles. The number of nitrogens with one attached hydrogen (secondary N) is 1. The van der Waals surface area contributed by atoms with E-state index in [2.05, 4.69) is 0 Å². The van der Waals surface area contributed by atoms with Gasteiger partial charge in [-0.15, -0.1) is 0 Å². The molecular weight excluding hydrogens is 211 g/mol. The highest BCUT2D eigenvalue weighted by molar-refractivity contribution is 5.73. The zero-order valence-electron chi connectivity index (χ0n) is 8.60. The Labute approximate surface area is 86.7 Å². The molecule has 0 radical (unpaired) electrons. The minimum absolute atomic E-state index is 0.235. The second-order valence-electron chi connectivity index (χ2n) is 3.38. The van der Waals surface area contributed by atoms with Crippen LogP contribution in [-0.4, -0.2) is 29.8 Å². The minimum Gasteiger partial charge on any atom is -0.480 e. The fourth-order valence-corrected chi connectivity index (χ4v) is 1.15. The first-order chi connectivity index (χ1) is 6.87. The van der Waals surface area contributed by atoms with Gasteiger partial charge in [0.2, 0.25) is 0 Å². The average molecular weight is 227 g/mol. The van der Waals surface area contributed by atoms with E-state index >= 15 is 0 Å². The molecule has 0 aliphatic heterocycles. The molecule has 0 amide bonds. The molecule has 0 aromatic rings. The summed E-state index contributed by atoms with van der Waals surface area (Å²) < 4.78 is 35.4. The van der Waals surface area contributed by atoms with Crippen LogP contribution in [0.15, 0.2) is 0 Å². The molecule has 0 spiro atoms. The smallest absolute Gasteiger partial charge is 0.401 e. The molecule has 0 heterocycles. The van der Waals surface area contributed by atoms with Crippen LogP contribution in [0.1, 0.15) is 32.6 Å². The molecule has 3 nitrogen and oxygen atoms in total. The maximum Gasteiger partial charge on any atom is 0.401 e. The van der Waals surface area contributed by atoms with Gasteiger partial charge in [-0.2, -0.15) is 13.2 Å². The maximum absolute atomic E-state index is 11.8. The summed E-state index contributed by atoms with van der Waals surface area (Å²) in [7, 11) is 0. The van der Waals surface area contributed by atoms with Gasteiger partial charge >= 0.3 is 12.1 Å². The van der Waals surface area contributed by atoms with E-state index in [0.29, 0.717) is 6.42 Å². The molecule has 1 unspecified atom stereocenters. The summed E-state index contributed by atoms with van der Waals surface area (Å²) in [4.78, 5) is 10.6. The van der Waals surface area contributed by atoms with Gasteiger partial charge in [0.15, 0.2) is 0 Å². The summed E-state index contributed by atoms with van der Waals surface area (Å²) >= 11 is 0. The zero-order chi connectivity index (χ0) is 11.9. The number of carbonyl (C=O) groups is 1. The molecule has 6 heteroatoms. The number of rotatable bonds is 7. The summed E-state index contributed by atoms with van der Waals surface area (Å²) in [6.07, 6.45) is -1.76. The van der Waals surface area contributed by atoms with Crippen LogP contribution in [0.2, 0.25) is 0 Å². The van der Waals surface area contributed by atoms with Gasteiger partial charge in [0.25, 0.3) is 0 Å². The van der Waals surface area contributed by atoms with Crippen LogP contribution in [0, 0.1) is 0 Å². The standard InChI is InChI=1S/C9H16F3NO2/c1-2-3-4-5-7(8(14)15)13-6-9(10,11)12/h7,13H,2-6H2,1H3,(H,14,15). The Balaban J connectivity index is 3.89. The first-order valence-corrected chi connectivity index (χ1v) is 4.89. The molecule has 0 saturated carbocycles. The molecule has 90 valence electrons. The van der Waals surface area contributed by atoms with Crippen molar-refractivity contribution >= 4 is 5.97 Å². The van der Waals surface area contributed by atoms with E-state index in [0.717, 1.165) is 12.8 Å². The van der Waals surface area contributed by atoms with Gasteiger partial charge in [-0.1, -0.05) is 26.2 Å². The molecule has 1 atom stereocenters. The summed E-state index contributed by atoms with van der Waals surface area (Å²) in [5, 5.41) is 10.6. The van der Waals surface area contributed by atoms with E-state index in [-0.39, 0.29) is 6.42 Å². The van der Waals surface area contributed by atoms with Gasteiger partial charge in [0.05, 0.1) is 6.54 Å². The van der Waals surface area contributed by atoms with Crippen LogP contribution < -0.4 is 5.32 Å². The number of hydrogen-bond acceptors (Lipinski definition) is 2. The van der Waals surface area contributed by atoms with Crippen LogP contribution >= 0.6 is 0 Å². The number of halogens is 3. The minimum atomic E-state index is -4.36. The van der Waals surface area contributed by atoms with Crippen LogP contribution in [0.5, 0.6) is 0 Å². The Morgan fingerprint density at radius 2 is 2.00 bits per heavy atom. The molecular formula is C9H16F3NO2. The van der Waals surface area contributed by atoms with Crippen molar-refractivity contribution in [3.63, 3.8) is 0 Å². The van der Waals surface area contributed by atoms with Crippen molar-refractivity contribution < 1.29 is 23.1 Å². The van der Waals surface area contributed by atoms with E-state index in [1.54, 1.807) is 0 Å². The molecule has 0 rings (SSSR count). The summed E-state index contributed by atoms with van der Waals surface area (Å²) in [5.41, 5.74) is 0. The first-order valence-electron chi connectivity index (χ1n) is 4.89. The second-order valence-corrected chi connectivity index (χ2v) is 3.38. The van der Waals surface area contributed by atoms with Crippen molar-refractivity contribution in [3.8, 4) is 0 Å². The third-order valence-electron chi connectivity index (χ3n) is 1.94. The Morgan fingerprint density at radius 1 is 1.40 bits per heavy atom. The normalized spacial score (nSPS) is 13.9. The fourth-order valence-electron chi connectivity index (χ4n) is 1.15. The lowest BCUT2D eigenvalue weighted by Gasteiger charge is -2.15. The van der Waals surface area contributed by atoms with Crippen LogP contribution in [0.4, 0.5) is 13.2 Å². The van der Waals surface area contributed by atoms with Gasteiger partial charge in [0, 0.05) is 0 Å². The number of carboxylic acids is 1. The molecule has 0 aliphatic carbocycles. The first kappa shape index (κ1) is 14.2. The van der Waals surface area contributed by atoms with Crippen molar-refractivity contribution in [3.05, 3.63) is 0 Å². The number of alkyl halides is 3. The van der Waals surface area contributed by atoms with Gasteiger partial charge in [-0.3, -0.25) is 10.1 Å². The van der Waals surface area contributed by atoms with Crippen molar-refractivity contribution in [2.45, 2.75) is 44.8 Å². The molecule has 0 aliphatic rings. The van der Waals surface area contributed by atoms with Crippen LogP contribution in [-0.2, 0) is 4.79 Å². The predicted octanol–water partition coefficient (Wildman–Crippen LogP) is 2.17. The van der Waals surface area contributed by atoms with E-state index in [4.69, 9.17) is 5.11 Å². The molecule has 0 saturated heterocycles. The van der Waals surface area contributed by atoms with E-state index < -0.39 is 24.7 Å². The van der Waals surface area contributed by atoms with Gasteiger partial charge in [-0.05, 0) is 6.42 Å². The number of aliphatic carboxylic acids is 1. The Kier molecular flexibility index (Phi) is 6.31. The molecule has 0 bridgehead atoms. The Hall–Kier alpha value is -0.780. The van der Waals surface area contributed by atoms with E-state index in [1.165, 1.54) is 0 Å². The fraction of sp³-hybridized carbons (Fsp3) is 0.889. The molecule has 0 aromatic heterocycles. The second kappa shape index (κ2) is 6.66. The topological polar surface area (TPSA) is 49.3 Å². The maximum atomic E-state index is 11.8. The molecule has 0 fully saturated rings. The van der Waals surface area contributed by atoms with Crippen LogP contribution in [0.3, 0.4) is 0 Å². The Morgan fingerprint density at radius 3 is 2.40 bits per heavy atom. The largest absolute Gasteiger partial charge is 0.480 e.